The minimum absolute atomic E-state index is 0.0416. The van der Waals surface area contributed by atoms with E-state index in [0.29, 0.717) is 5.56 Å². The molecule has 0 saturated carbocycles. The molecule has 7 rings (SSSR count). The Morgan fingerprint density at radius 1 is 1.11 bits per heavy atom. The lowest BCUT2D eigenvalue weighted by atomic mass is 9.76. The highest BCUT2D eigenvalue weighted by atomic mass is 79.9. The fourth-order valence-corrected chi connectivity index (χ4v) is 7.34. The number of carbonyl (C=O) groups excluding carboxylic acids is 5. The van der Waals surface area contributed by atoms with Crippen molar-refractivity contribution in [1.29, 1.82) is 0 Å². The standard InChI is InChI=1S/C31H20BrN5O10/c1-47-15-7-14(38)18-19(24(15)40)26(42)21-20(25(18)41)28(44)31(29(21)45)3-2-12-22(31)27(43)17-13(23(12)32)6-11(35-30(17)46)8-34-36-16(39)9-37-5-4-33-10-37/h4-8,10,41-43H,2-3,9H2,1H3,(H,35,46)(H,36,39)/b34-8+/t31-/m0/s1. The van der Waals surface area contributed by atoms with Crippen LogP contribution in [0.25, 0.3) is 10.8 Å². The number of ketones is 4. The van der Waals surface area contributed by atoms with E-state index < -0.39 is 85.3 Å². The number of Topliss-reactive ketones (excluding diaryl/α,β-unsaturated/α-hetero) is 3. The van der Waals surface area contributed by atoms with Gasteiger partial charge in [-0.1, -0.05) is 0 Å². The number of carbonyl (C=O) groups is 5. The van der Waals surface area contributed by atoms with Crippen LogP contribution in [-0.4, -0.2) is 72.2 Å². The van der Waals surface area contributed by atoms with E-state index in [1.807, 2.05) is 0 Å². The molecule has 1 spiro atoms. The third kappa shape index (κ3) is 3.97. The summed E-state index contributed by atoms with van der Waals surface area (Å²) >= 11 is 3.46. The summed E-state index contributed by atoms with van der Waals surface area (Å²) in [6.45, 7) is -0.0456. The maximum Gasteiger partial charge on any atom is 0.260 e. The Morgan fingerprint density at radius 3 is 2.47 bits per heavy atom. The predicted molar refractivity (Wildman–Crippen MR) is 164 cm³/mol. The molecule has 0 bridgehead atoms. The second kappa shape index (κ2) is 10.3. The van der Waals surface area contributed by atoms with Gasteiger partial charge in [0, 0.05) is 33.9 Å². The summed E-state index contributed by atoms with van der Waals surface area (Å²) in [4.78, 5) is 86.1. The summed E-state index contributed by atoms with van der Waals surface area (Å²) in [6.07, 6.45) is 6.37. The summed E-state index contributed by atoms with van der Waals surface area (Å²) in [5.41, 5.74) is -3.10. The predicted octanol–water partition coefficient (Wildman–Crippen LogP) is 1.93. The van der Waals surface area contributed by atoms with Gasteiger partial charge in [0.2, 0.25) is 5.78 Å². The minimum atomic E-state index is -2.19. The van der Waals surface area contributed by atoms with Crippen LogP contribution in [0.5, 0.6) is 17.2 Å². The molecular formula is C31H20BrN5O10. The van der Waals surface area contributed by atoms with E-state index in [9.17, 15) is 44.1 Å². The average molecular weight is 702 g/mol. The first-order valence-corrected chi connectivity index (χ1v) is 14.7. The molecule has 0 aliphatic heterocycles. The normalized spacial score (nSPS) is 18.2. The second-order valence-corrected chi connectivity index (χ2v) is 11.8. The van der Waals surface area contributed by atoms with Gasteiger partial charge in [0.15, 0.2) is 23.1 Å². The fourth-order valence-electron chi connectivity index (χ4n) is 6.63. The number of hydrogen-bond donors (Lipinski definition) is 5. The molecule has 1 atom stereocenters. The molecule has 15 nitrogen and oxygen atoms in total. The Labute approximate surface area is 270 Å². The second-order valence-electron chi connectivity index (χ2n) is 11.1. The summed E-state index contributed by atoms with van der Waals surface area (Å²) in [7, 11) is 1.12. The number of allylic oxidation sites excluding steroid dienone is 2. The molecule has 236 valence electrons. The number of aromatic hydroxyl groups is 3. The number of ether oxygens (including phenoxy) is 1. The van der Waals surface area contributed by atoms with E-state index in [4.69, 9.17) is 4.74 Å². The molecule has 2 aromatic heterocycles. The van der Waals surface area contributed by atoms with Gasteiger partial charge < -0.3 is 29.6 Å². The highest BCUT2D eigenvalue weighted by Crippen LogP contribution is 2.58. The van der Waals surface area contributed by atoms with Crippen molar-refractivity contribution in [1.82, 2.24) is 20.0 Å². The summed E-state index contributed by atoms with van der Waals surface area (Å²) in [6, 6.07) is 1.47. The lowest BCUT2D eigenvalue weighted by Gasteiger charge is -2.23. The number of methoxy groups -OCH3 is 1. The number of rotatable bonds is 5. The first kappa shape index (κ1) is 29.8. The molecule has 47 heavy (non-hydrogen) atoms. The Morgan fingerprint density at radius 2 is 1.81 bits per heavy atom. The Bertz CT molecular complexity index is 2300. The number of halogens is 1. The van der Waals surface area contributed by atoms with Gasteiger partial charge in [0.25, 0.3) is 11.5 Å². The number of hydrazone groups is 1. The third-order valence-corrected chi connectivity index (χ3v) is 9.55. The van der Waals surface area contributed by atoms with Crippen LogP contribution in [0.2, 0.25) is 0 Å². The molecule has 0 saturated heterocycles. The summed E-state index contributed by atoms with van der Waals surface area (Å²) < 4.78 is 6.73. The monoisotopic (exact) mass is 701 g/mol. The van der Waals surface area contributed by atoms with Crippen molar-refractivity contribution in [2.24, 2.45) is 5.10 Å². The van der Waals surface area contributed by atoms with Crippen LogP contribution in [0.15, 0.2) is 51.0 Å². The number of benzene rings is 2. The van der Waals surface area contributed by atoms with E-state index in [0.717, 1.165) is 13.2 Å². The lowest BCUT2D eigenvalue weighted by Crippen LogP contribution is -2.36. The number of phenols is 3. The van der Waals surface area contributed by atoms with Crippen LogP contribution in [0.1, 0.15) is 64.7 Å². The zero-order valence-corrected chi connectivity index (χ0v) is 25.6. The number of nitrogens with one attached hydrogen (secondary N) is 2. The van der Waals surface area contributed by atoms with Crippen molar-refractivity contribution in [3.05, 3.63) is 90.5 Å². The van der Waals surface area contributed by atoms with Crippen LogP contribution in [0.3, 0.4) is 0 Å². The topological polar surface area (TPSA) is 230 Å². The van der Waals surface area contributed by atoms with Gasteiger partial charge in [-0.05, 0) is 40.4 Å². The molecule has 1 amide bonds. The largest absolute Gasteiger partial charge is 0.507 e. The number of phenolic OH excluding ortho intramolecular Hbond substituents is 3. The molecule has 4 aromatic rings. The molecule has 2 aromatic carbocycles. The molecule has 0 radical (unpaired) electrons. The van der Waals surface area contributed by atoms with E-state index in [-0.39, 0.29) is 45.9 Å². The number of imidazole rings is 1. The first-order valence-electron chi connectivity index (χ1n) is 13.9. The van der Waals surface area contributed by atoms with E-state index in [1.165, 1.54) is 29.4 Å². The lowest BCUT2D eigenvalue weighted by molar-refractivity contribution is -0.121. The molecular weight excluding hydrogens is 682 g/mol. The Kier molecular flexibility index (Phi) is 6.54. The molecule has 0 fully saturated rings. The molecule has 0 unspecified atom stereocenters. The van der Waals surface area contributed by atoms with Crippen molar-refractivity contribution in [2.45, 2.75) is 24.8 Å². The smallest absolute Gasteiger partial charge is 0.260 e. The van der Waals surface area contributed by atoms with Gasteiger partial charge in [-0.25, -0.2) is 10.4 Å². The number of amides is 1. The van der Waals surface area contributed by atoms with Crippen LogP contribution in [-0.2, 0) is 27.9 Å². The van der Waals surface area contributed by atoms with Gasteiger partial charge in [-0.3, -0.25) is 28.8 Å². The van der Waals surface area contributed by atoms with Crippen molar-refractivity contribution in [2.75, 3.05) is 7.11 Å². The van der Waals surface area contributed by atoms with E-state index >= 15 is 0 Å². The Balaban J connectivity index is 1.33. The van der Waals surface area contributed by atoms with Gasteiger partial charge in [0.1, 0.15) is 29.2 Å². The first-order chi connectivity index (χ1) is 22.4. The van der Waals surface area contributed by atoms with Gasteiger partial charge >= 0.3 is 0 Å². The molecule has 2 heterocycles. The average Bonchev–Trinajstić information content (AvgIpc) is 3.75. The number of nitrogens with zero attached hydrogens (tertiary/aromatic N) is 3. The third-order valence-electron chi connectivity index (χ3n) is 8.64. The Hall–Kier alpha value is -5.90. The number of fused-ring (bicyclic) bond motifs is 5. The van der Waals surface area contributed by atoms with Gasteiger partial charge in [0.05, 0.1) is 53.0 Å². The van der Waals surface area contributed by atoms with Crippen LogP contribution in [0, 0.1) is 0 Å². The van der Waals surface area contributed by atoms with Crippen molar-refractivity contribution < 1.29 is 44.0 Å². The van der Waals surface area contributed by atoms with Crippen LogP contribution >= 0.6 is 15.9 Å². The maximum atomic E-state index is 14.2. The number of aromatic amines is 1. The number of aromatic nitrogens is 3. The molecule has 3 aliphatic rings. The van der Waals surface area contributed by atoms with Gasteiger partial charge in [-0.2, -0.15) is 5.10 Å². The zero-order chi connectivity index (χ0) is 33.5. The molecule has 16 heteroatoms. The number of hydrogen-bond acceptors (Lipinski definition) is 12. The van der Waals surface area contributed by atoms with Crippen molar-refractivity contribution in [3.8, 4) is 17.2 Å². The highest BCUT2D eigenvalue weighted by molar-refractivity contribution is 9.10. The van der Waals surface area contributed by atoms with Crippen molar-refractivity contribution >= 4 is 62.0 Å². The summed E-state index contributed by atoms with van der Waals surface area (Å²) in [5.74, 6) is -7.46. The number of pyridine rings is 1. The van der Waals surface area contributed by atoms with E-state index in [1.54, 1.807) is 6.20 Å². The molecule has 5 N–H and O–H groups in total. The zero-order valence-electron chi connectivity index (χ0n) is 24.0. The summed E-state index contributed by atoms with van der Waals surface area (Å²) in [5, 5.41) is 37.7. The van der Waals surface area contributed by atoms with Gasteiger partial charge in [-0.15, -0.1) is 0 Å². The molecule has 3 aliphatic carbocycles. The van der Waals surface area contributed by atoms with Crippen LogP contribution < -0.4 is 11.0 Å². The fraction of sp³-hybridized carbons (Fsp3) is 0.161. The SMILES string of the molecule is COC1=CC(=O)c2c(O)c3c(c(O)c2C1=O)C(=O)[C@]1(CCc2c1c(O)c1c(=O)[nH]c(/C=N/NC(=O)Cn4ccnc4)cc1c2Br)C3=O. The van der Waals surface area contributed by atoms with Crippen molar-refractivity contribution in [3.63, 3.8) is 0 Å². The van der Waals surface area contributed by atoms with Crippen LogP contribution in [0.4, 0.5) is 0 Å². The number of H-pyrrole nitrogens is 1. The highest BCUT2D eigenvalue weighted by Gasteiger charge is 2.62. The maximum absolute atomic E-state index is 14.2. The van der Waals surface area contributed by atoms with E-state index in [2.05, 4.69) is 36.4 Å². The minimum Gasteiger partial charge on any atom is -0.507 e. The quantitative estimate of drug-likeness (QED) is 0.0873.